The number of aryl methyl sites for hydroxylation is 1. The Morgan fingerprint density at radius 3 is 2.72 bits per heavy atom. The van der Waals surface area contributed by atoms with E-state index in [-0.39, 0.29) is 11.1 Å². The van der Waals surface area contributed by atoms with E-state index in [1.807, 2.05) is 55.5 Å². The molecule has 3 heterocycles. The standard InChI is InChI=1S/C22H14N2O3S2/c1-13-5-4-6-14(11-13)24-21(25)19(29-22(24)26)12-15-9-10-17(27-15)20-23-16-7-2-3-8-18(16)28-20/h2-12H,1H3. The summed E-state index contributed by atoms with van der Waals surface area (Å²) in [6.07, 6.45) is 1.61. The van der Waals surface area contributed by atoms with Crippen molar-refractivity contribution in [3.63, 3.8) is 0 Å². The van der Waals surface area contributed by atoms with Gasteiger partial charge in [-0.05, 0) is 60.6 Å². The summed E-state index contributed by atoms with van der Waals surface area (Å²) in [5, 5.41) is 0.462. The van der Waals surface area contributed by atoms with E-state index in [1.54, 1.807) is 29.5 Å². The number of thiazole rings is 1. The molecule has 142 valence electrons. The fraction of sp³-hybridized carbons (Fsp3) is 0.0455. The normalized spacial score (nSPS) is 15.8. The van der Waals surface area contributed by atoms with Crippen LogP contribution in [0.25, 0.3) is 27.1 Å². The van der Waals surface area contributed by atoms with Crippen molar-refractivity contribution in [3.8, 4) is 10.8 Å². The lowest BCUT2D eigenvalue weighted by atomic mass is 10.2. The van der Waals surface area contributed by atoms with Gasteiger partial charge in [0.1, 0.15) is 5.76 Å². The van der Waals surface area contributed by atoms with Crippen molar-refractivity contribution in [3.05, 3.63) is 76.9 Å². The van der Waals surface area contributed by atoms with E-state index < -0.39 is 0 Å². The number of benzene rings is 2. The van der Waals surface area contributed by atoms with E-state index in [0.29, 0.717) is 22.1 Å². The number of furan rings is 1. The van der Waals surface area contributed by atoms with Crippen LogP contribution in [0.1, 0.15) is 11.3 Å². The summed E-state index contributed by atoms with van der Waals surface area (Å²) in [5.41, 5.74) is 2.48. The number of para-hydroxylation sites is 1. The van der Waals surface area contributed by atoms with Gasteiger partial charge in [0.05, 0.1) is 20.8 Å². The van der Waals surface area contributed by atoms with Crippen molar-refractivity contribution < 1.29 is 14.0 Å². The molecule has 7 heteroatoms. The maximum Gasteiger partial charge on any atom is 0.298 e. The summed E-state index contributed by atoms with van der Waals surface area (Å²) >= 11 is 2.46. The zero-order valence-electron chi connectivity index (χ0n) is 15.3. The number of anilines is 1. The smallest absolute Gasteiger partial charge is 0.298 e. The van der Waals surface area contributed by atoms with Crippen LogP contribution in [0.3, 0.4) is 0 Å². The molecule has 1 aliphatic rings. The lowest BCUT2D eigenvalue weighted by Gasteiger charge is -2.12. The predicted octanol–water partition coefficient (Wildman–Crippen LogP) is 6.11. The molecule has 5 rings (SSSR count). The first-order valence-electron chi connectivity index (χ1n) is 8.89. The van der Waals surface area contributed by atoms with Gasteiger partial charge in [0, 0.05) is 6.08 Å². The van der Waals surface area contributed by atoms with Crippen LogP contribution in [0.2, 0.25) is 0 Å². The van der Waals surface area contributed by atoms with Crippen LogP contribution in [-0.4, -0.2) is 16.1 Å². The lowest BCUT2D eigenvalue weighted by molar-refractivity contribution is -0.113. The summed E-state index contributed by atoms with van der Waals surface area (Å²) < 4.78 is 6.96. The number of rotatable bonds is 3. The van der Waals surface area contributed by atoms with Crippen LogP contribution >= 0.6 is 23.1 Å². The third kappa shape index (κ3) is 3.28. The molecule has 0 N–H and O–H groups in total. The highest BCUT2D eigenvalue weighted by molar-refractivity contribution is 8.19. The molecule has 2 amide bonds. The highest BCUT2D eigenvalue weighted by atomic mass is 32.2. The third-order valence-electron chi connectivity index (χ3n) is 4.46. The Bertz CT molecular complexity index is 1270. The van der Waals surface area contributed by atoms with Crippen LogP contribution < -0.4 is 4.90 Å². The highest BCUT2D eigenvalue weighted by Crippen LogP contribution is 2.37. The molecule has 0 aliphatic carbocycles. The third-order valence-corrected chi connectivity index (χ3v) is 6.38. The number of nitrogens with zero attached hydrogens (tertiary/aromatic N) is 2. The van der Waals surface area contributed by atoms with E-state index in [0.717, 1.165) is 32.5 Å². The van der Waals surface area contributed by atoms with Gasteiger partial charge >= 0.3 is 0 Å². The van der Waals surface area contributed by atoms with Crippen LogP contribution in [0.15, 0.2) is 70.0 Å². The van der Waals surface area contributed by atoms with Gasteiger partial charge in [-0.1, -0.05) is 24.3 Å². The molecule has 1 fully saturated rings. The number of imide groups is 1. The average Bonchev–Trinajstić information content (AvgIpc) is 3.40. The first kappa shape index (κ1) is 17.9. The summed E-state index contributed by atoms with van der Waals surface area (Å²) in [4.78, 5) is 31.3. The van der Waals surface area contributed by atoms with Crippen LogP contribution in [-0.2, 0) is 4.79 Å². The van der Waals surface area contributed by atoms with E-state index in [4.69, 9.17) is 4.42 Å². The highest BCUT2D eigenvalue weighted by Gasteiger charge is 2.36. The largest absolute Gasteiger partial charge is 0.454 e. The SMILES string of the molecule is Cc1cccc(N2C(=O)SC(=Cc3ccc(-c4nc5ccccc5s4)o3)C2=O)c1. The molecule has 0 unspecified atom stereocenters. The number of hydrogen-bond donors (Lipinski definition) is 0. The van der Waals surface area contributed by atoms with Gasteiger partial charge in [0.2, 0.25) is 0 Å². The van der Waals surface area contributed by atoms with Crippen LogP contribution in [0, 0.1) is 6.92 Å². The molecule has 2 aromatic heterocycles. The zero-order valence-corrected chi connectivity index (χ0v) is 16.9. The Balaban J connectivity index is 1.44. The lowest BCUT2D eigenvalue weighted by Crippen LogP contribution is -2.27. The summed E-state index contributed by atoms with van der Waals surface area (Å²) in [5.74, 6) is 0.799. The first-order chi connectivity index (χ1) is 14.1. The second-order valence-corrected chi connectivity index (χ2v) is 8.57. The van der Waals surface area contributed by atoms with Gasteiger partial charge in [0.25, 0.3) is 11.1 Å². The molecule has 0 atom stereocenters. The summed E-state index contributed by atoms with van der Waals surface area (Å²) in [6.45, 7) is 1.92. The minimum atomic E-state index is -0.344. The van der Waals surface area contributed by atoms with Gasteiger partial charge < -0.3 is 4.42 Å². The summed E-state index contributed by atoms with van der Waals surface area (Å²) in [7, 11) is 0. The Labute approximate surface area is 174 Å². The molecular formula is C22H14N2O3S2. The molecule has 2 aromatic carbocycles. The molecule has 1 saturated heterocycles. The van der Waals surface area contributed by atoms with Crippen molar-refractivity contribution in [2.45, 2.75) is 6.92 Å². The first-order valence-corrected chi connectivity index (χ1v) is 10.5. The van der Waals surface area contributed by atoms with E-state index in [1.165, 1.54) is 4.90 Å². The summed E-state index contributed by atoms with van der Waals surface area (Å²) in [6, 6.07) is 18.8. The number of amides is 2. The van der Waals surface area contributed by atoms with E-state index in [2.05, 4.69) is 4.98 Å². The van der Waals surface area contributed by atoms with Gasteiger partial charge in [-0.3, -0.25) is 9.59 Å². The number of fused-ring (bicyclic) bond motifs is 1. The monoisotopic (exact) mass is 418 g/mol. The van der Waals surface area contributed by atoms with Gasteiger partial charge in [0.15, 0.2) is 10.8 Å². The number of hydrogen-bond acceptors (Lipinski definition) is 6. The second kappa shape index (κ2) is 7.02. The van der Waals surface area contributed by atoms with E-state index in [9.17, 15) is 9.59 Å². The van der Waals surface area contributed by atoms with Crippen molar-refractivity contribution in [2.75, 3.05) is 4.90 Å². The Morgan fingerprint density at radius 2 is 1.90 bits per heavy atom. The molecule has 29 heavy (non-hydrogen) atoms. The molecule has 0 radical (unpaired) electrons. The van der Waals surface area contributed by atoms with E-state index >= 15 is 0 Å². The van der Waals surface area contributed by atoms with Crippen molar-refractivity contribution in [1.82, 2.24) is 4.98 Å². The number of carbonyl (C=O) groups is 2. The van der Waals surface area contributed by atoms with Crippen molar-refractivity contribution in [2.24, 2.45) is 0 Å². The van der Waals surface area contributed by atoms with Gasteiger partial charge in [-0.2, -0.15) is 0 Å². The predicted molar refractivity (Wildman–Crippen MR) is 117 cm³/mol. The number of thioether (sulfide) groups is 1. The van der Waals surface area contributed by atoms with Crippen LogP contribution in [0.5, 0.6) is 0 Å². The number of carbonyl (C=O) groups excluding carboxylic acids is 2. The average molecular weight is 418 g/mol. The minimum Gasteiger partial charge on any atom is -0.454 e. The quantitative estimate of drug-likeness (QED) is 0.376. The molecular weight excluding hydrogens is 404 g/mol. The molecule has 4 aromatic rings. The van der Waals surface area contributed by atoms with Crippen LogP contribution in [0.4, 0.5) is 10.5 Å². The maximum absolute atomic E-state index is 12.8. The fourth-order valence-corrected chi connectivity index (χ4v) is 4.86. The molecule has 0 bridgehead atoms. The molecule has 1 aliphatic heterocycles. The topological polar surface area (TPSA) is 63.4 Å². The minimum absolute atomic E-state index is 0.315. The van der Waals surface area contributed by atoms with Gasteiger partial charge in [-0.25, -0.2) is 9.88 Å². The Hall–Kier alpha value is -3.16. The van der Waals surface area contributed by atoms with Gasteiger partial charge in [-0.15, -0.1) is 11.3 Å². The Kier molecular flexibility index (Phi) is 4.34. The zero-order chi connectivity index (χ0) is 20.0. The molecule has 5 nitrogen and oxygen atoms in total. The maximum atomic E-state index is 12.8. The van der Waals surface area contributed by atoms with Crippen molar-refractivity contribution >= 4 is 56.2 Å². The van der Waals surface area contributed by atoms with Crippen molar-refractivity contribution in [1.29, 1.82) is 0 Å². The molecule has 0 spiro atoms. The molecule has 0 saturated carbocycles. The Morgan fingerprint density at radius 1 is 1.03 bits per heavy atom. The number of aromatic nitrogens is 1. The fourth-order valence-electron chi connectivity index (χ4n) is 3.11. The second-order valence-electron chi connectivity index (χ2n) is 6.54.